The van der Waals surface area contributed by atoms with E-state index in [-0.39, 0.29) is 11.1 Å². The van der Waals surface area contributed by atoms with Crippen molar-refractivity contribution in [3.05, 3.63) is 40.5 Å². The van der Waals surface area contributed by atoms with Crippen molar-refractivity contribution in [1.82, 2.24) is 0 Å². The Hall–Kier alpha value is -3.94. The number of rotatable bonds is 6. The van der Waals surface area contributed by atoms with Crippen LogP contribution < -0.4 is 0 Å². The Bertz CT molecular complexity index is 753. The normalized spacial score (nSPS) is 10.3. The van der Waals surface area contributed by atoms with Gasteiger partial charge in [0.1, 0.15) is 28.9 Å². The third-order valence-corrected chi connectivity index (χ3v) is 2.52. The zero-order valence-corrected chi connectivity index (χ0v) is 13.6. The van der Waals surface area contributed by atoms with Crippen LogP contribution in [0, 0.1) is 28.1 Å². The zero-order valence-electron chi connectivity index (χ0n) is 13.6. The van der Waals surface area contributed by atoms with Crippen LogP contribution in [0.25, 0.3) is 0 Å². The van der Waals surface area contributed by atoms with Crippen LogP contribution in [0.1, 0.15) is 0 Å². The van der Waals surface area contributed by atoms with E-state index < -0.39 is 29.1 Å². The molecule has 0 spiro atoms. The fourth-order valence-corrected chi connectivity index (χ4v) is 1.37. The number of nitriles is 2. The number of hydrogen-bond acceptors (Lipinski definition) is 9. The van der Waals surface area contributed by atoms with E-state index in [0.29, 0.717) is 0 Å². The third kappa shape index (κ3) is 6.37. The molecule has 0 aromatic carbocycles. The number of hydrogen-bond donors (Lipinski definition) is 1. The highest BCUT2D eigenvalue weighted by molar-refractivity contribution is 6.01. The number of ether oxygens (including phenoxy) is 3. The summed E-state index contributed by atoms with van der Waals surface area (Å²) in [5, 5.41) is 25.1. The maximum absolute atomic E-state index is 11.5. The fourth-order valence-electron chi connectivity index (χ4n) is 1.37. The molecule has 0 aliphatic carbocycles. The zero-order chi connectivity index (χ0) is 19.4. The molecule has 0 saturated heterocycles. The number of nitrogens with one attached hydrogen (secondary N) is 1. The van der Waals surface area contributed by atoms with Crippen LogP contribution >= 0.6 is 0 Å². The van der Waals surface area contributed by atoms with Gasteiger partial charge in [-0.2, -0.15) is 10.5 Å². The molecule has 0 fully saturated rings. The second-order valence-electron chi connectivity index (χ2n) is 4.00. The summed E-state index contributed by atoms with van der Waals surface area (Å²) in [5.74, 6) is -1.07. The van der Waals surface area contributed by atoms with Gasteiger partial charge < -0.3 is 14.2 Å². The highest BCUT2D eigenvalue weighted by Gasteiger charge is 2.14. The Labute approximate surface area is 143 Å². The van der Waals surface area contributed by atoms with Crippen molar-refractivity contribution in [3.8, 4) is 12.1 Å². The average molecular weight is 343 g/mol. The SMILES string of the molecule is COC(=O)C(=C=N)C=C(/C=C(\C#N)C(=O)OC)/C=C(\C#N)C(=O)OC. The number of nitrogens with zero attached hydrogens (tertiary/aromatic N) is 2. The smallest absolute Gasteiger partial charge is 0.348 e. The first kappa shape index (κ1) is 21.1. The molecule has 1 N–H and O–H groups in total. The number of esters is 3. The predicted octanol–water partition coefficient (Wildman–Crippen LogP) is 0.507. The van der Waals surface area contributed by atoms with Crippen molar-refractivity contribution < 1.29 is 28.6 Å². The lowest BCUT2D eigenvalue weighted by molar-refractivity contribution is -0.136. The summed E-state index contributed by atoms with van der Waals surface area (Å²) in [6.45, 7) is 0. The molecule has 0 radical (unpaired) electrons. The van der Waals surface area contributed by atoms with Crippen LogP contribution in [0.2, 0.25) is 0 Å². The largest absolute Gasteiger partial charge is 0.465 e. The lowest BCUT2D eigenvalue weighted by atomic mass is 10.1. The average Bonchev–Trinajstić information content (AvgIpc) is 2.65. The molecular weight excluding hydrogens is 330 g/mol. The molecule has 0 heterocycles. The first-order valence-corrected chi connectivity index (χ1v) is 6.38. The van der Waals surface area contributed by atoms with E-state index in [1.165, 1.54) is 0 Å². The van der Waals surface area contributed by atoms with Crippen LogP contribution in [-0.4, -0.2) is 45.1 Å². The first-order valence-electron chi connectivity index (χ1n) is 6.38. The molecule has 0 atom stereocenters. The van der Waals surface area contributed by atoms with E-state index in [1.54, 1.807) is 12.1 Å². The molecular formula is C16H13N3O6. The summed E-state index contributed by atoms with van der Waals surface area (Å²) in [5.41, 5.74) is -1.43. The van der Waals surface area contributed by atoms with E-state index in [9.17, 15) is 14.4 Å². The standard InChI is InChI=1S/C16H13N3O6/c1-23-14(20)11(7-17)4-10(5-12(8-18)15(21)24-2)6-13(9-19)16(22)25-3/h4-6,17H,1-3H3/b12-5+,13-6+. The van der Waals surface area contributed by atoms with Crippen LogP contribution in [0.4, 0.5) is 0 Å². The molecule has 0 aromatic heterocycles. The van der Waals surface area contributed by atoms with Gasteiger partial charge in [-0.25, -0.2) is 14.4 Å². The first-order chi connectivity index (χ1) is 11.9. The van der Waals surface area contributed by atoms with E-state index >= 15 is 0 Å². The van der Waals surface area contributed by atoms with Crippen molar-refractivity contribution in [1.29, 1.82) is 15.9 Å². The monoisotopic (exact) mass is 343 g/mol. The molecule has 9 nitrogen and oxygen atoms in total. The van der Waals surface area contributed by atoms with E-state index in [0.717, 1.165) is 39.6 Å². The van der Waals surface area contributed by atoms with Crippen molar-refractivity contribution in [3.63, 3.8) is 0 Å². The lowest BCUT2D eigenvalue weighted by Gasteiger charge is -2.02. The Balaban J connectivity index is 6.45. The van der Waals surface area contributed by atoms with Gasteiger partial charge in [0.25, 0.3) is 0 Å². The molecule has 0 unspecified atom stereocenters. The Kier molecular flexibility index (Phi) is 9.04. The van der Waals surface area contributed by atoms with Crippen LogP contribution in [-0.2, 0) is 28.6 Å². The van der Waals surface area contributed by atoms with Gasteiger partial charge in [-0.15, -0.1) is 0 Å². The van der Waals surface area contributed by atoms with Gasteiger partial charge in [0.2, 0.25) is 0 Å². The molecule has 0 aliphatic rings. The van der Waals surface area contributed by atoms with Gasteiger partial charge in [-0.05, 0) is 29.7 Å². The molecule has 128 valence electrons. The molecule has 0 amide bonds. The molecule has 0 rings (SSSR count). The number of carbonyl (C=O) groups is 3. The van der Waals surface area contributed by atoms with Gasteiger partial charge in [-0.3, -0.25) is 5.41 Å². The molecule has 9 heteroatoms. The van der Waals surface area contributed by atoms with Gasteiger partial charge in [-0.1, -0.05) is 0 Å². The van der Waals surface area contributed by atoms with Gasteiger partial charge in [0.05, 0.1) is 21.3 Å². The van der Waals surface area contributed by atoms with Crippen LogP contribution in [0.5, 0.6) is 0 Å². The minimum absolute atomic E-state index is 0.107. The van der Waals surface area contributed by atoms with Crippen LogP contribution in [0.15, 0.2) is 40.5 Å². The molecule has 0 aromatic rings. The number of methoxy groups -OCH3 is 3. The topological polar surface area (TPSA) is 150 Å². The van der Waals surface area contributed by atoms with E-state index in [2.05, 4.69) is 14.2 Å². The second kappa shape index (κ2) is 10.7. The Morgan fingerprint density at radius 1 is 0.800 bits per heavy atom. The quantitative estimate of drug-likeness (QED) is 0.183. The Morgan fingerprint density at radius 3 is 1.48 bits per heavy atom. The fraction of sp³-hybridized carbons (Fsp3) is 0.188. The van der Waals surface area contributed by atoms with Crippen molar-refractivity contribution in [2.75, 3.05) is 21.3 Å². The summed E-state index contributed by atoms with van der Waals surface area (Å²) < 4.78 is 13.3. The predicted molar refractivity (Wildman–Crippen MR) is 82.8 cm³/mol. The number of carbonyl (C=O) groups excluding carboxylic acids is 3. The summed E-state index contributed by atoms with van der Waals surface area (Å²) in [7, 11) is 3.18. The van der Waals surface area contributed by atoms with E-state index in [1.807, 2.05) is 5.87 Å². The van der Waals surface area contributed by atoms with Gasteiger partial charge in [0, 0.05) is 0 Å². The molecule has 25 heavy (non-hydrogen) atoms. The van der Waals surface area contributed by atoms with Crippen molar-refractivity contribution in [2.45, 2.75) is 0 Å². The highest BCUT2D eigenvalue weighted by Crippen LogP contribution is 2.13. The molecule has 0 aliphatic heterocycles. The summed E-state index contributed by atoms with van der Waals surface area (Å²) in [4.78, 5) is 34.5. The summed E-state index contributed by atoms with van der Waals surface area (Å²) in [6.07, 6.45) is 2.93. The molecule has 0 saturated carbocycles. The Morgan fingerprint density at radius 2 is 1.20 bits per heavy atom. The maximum atomic E-state index is 11.5. The minimum atomic E-state index is -0.975. The minimum Gasteiger partial charge on any atom is -0.465 e. The van der Waals surface area contributed by atoms with Crippen molar-refractivity contribution >= 4 is 23.8 Å². The van der Waals surface area contributed by atoms with Gasteiger partial charge >= 0.3 is 17.9 Å². The van der Waals surface area contributed by atoms with Crippen molar-refractivity contribution in [2.24, 2.45) is 0 Å². The molecule has 0 bridgehead atoms. The van der Waals surface area contributed by atoms with Crippen LogP contribution in [0.3, 0.4) is 0 Å². The summed E-state index contributed by atoms with van der Waals surface area (Å²) >= 11 is 0. The maximum Gasteiger partial charge on any atom is 0.348 e. The lowest BCUT2D eigenvalue weighted by Crippen LogP contribution is -2.07. The van der Waals surface area contributed by atoms with Gasteiger partial charge in [0.15, 0.2) is 0 Å². The van der Waals surface area contributed by atoms with E-state index in [4.69, 9.17) is 15.9 Å². The number of allylic oxidation sites excluding steroid dienone is 3. The second-order valence-corrected chi connectivity index (χ2v) is 4.00. The highest BCUT2D eigenvalue weighted by atomic mass is 16.5. The third-order valence-electron chi connectivity index (χ3n) is 2.52. The summed E-state index contributed by atoms with van der Waals surface area (Å²) in [6, 6.07) is 3.15.